The standard InChI is InChI=1S/C27H39N3.2BF4/c1-28-22-14-26(15-23-28)27-16-24-30(25-17-27)19-11-9-7-5-3-2-4-6-8-10-18-29-20-12-13-21-29;2*2-1(3,4)5/h12-17,20-25H,2-11,18-19H2,1H3;;/q+2;2*-1. The van der Waals surface area contributed by atoms with Crippen LogP contribution in [0.1, 0.15) is 64.2 Å². The van der Waals surface area contributed by atoms with Gasteiger partial charge in [0.2, 0.25) is 0 Å². The van der Waals surface area contributed by atoms with Gasteiger partial charge in [-0.1, -0.05) is 44.9 Å². The van der Waals surface area contributed by atoms with Crippen molar-refractivity contribution in [1.82, 2.24) is 4.57 Å². The van der Waals surface area contributed by atoms with Crippen LogP contribution >= 0.6 is 0 Å². The van der Waals surface area contributed by atoms with Gasteiger partial charge in [0.25, 0.3) is 0 Å². The fourth-order valence-corrected chi connectivity index (χ4v) is 4.01. The Labute approximate surface area is 232 Å². The smallest absolute Gasteiger partial charge is 0.418 e. The summed E-state index contributed by atoms with van der Waals surface area (Å²) in [4.78, 5) is 0. The highest BCUT2D eigenvalue weighted by Crippen LogP contribution is 2.16. The lowest BCUT2D eigenvalue weighted by molar-refractivity contribution is -0.697. The van der Waals surface area contributed by atoms with E-state index in [0.29, 0.717) is 0 Å². The zero-order valence-corrected chi connectivity index (χ0v) is 22.9. The van der Waals surface area contributed by atoms with Gasteiger partial charge in [0.15, 0.2) is 24.8 Å². The van der Waals surface area contributed by atoms with Gasteiger partial charge < -0.3 is 39.1 Å². The van der Waals surface area contributed by atoms with E-state index in [0.717, 1.165) is 6.54 Å². The summed E-state index contributed by atoms with van der Waals surface area (Å²) >= 11 is 0. The van der Waals surface area contributed by atoms with Crippen LogP contribution in [0.4, 0.5) is 34.5 Å². The van der Waals surface area contributed by atoms with Gasteiger partial charge in [-0.25, -0.2) is 9.13 Å². The van der Waals surface area contributed by atoms with Crippen LogP contribution in [0.15, 0.2) is 73.6 Å². The monoisotopic (exact) mass is 579 g/mol. The third-order valence-corrected chi connectivity index (χ3v) is 5.95. The average molecular weight is 579 g/mol. The molecule has 0 aromatic carbocycles. The molecule has 40 heavy (non-hydrogen) atoms. The van der Waals surface area contributed by atoms with E-state index in [9.17, 15) is 34.5 Å². The lowest BCUT2D eigenvalue weighted by atomic mass is 10.1. The number of aromatic nitrogens is 3. The predicted octanol–water partition coefficient (Wildman–Crippen LogP) is 8.47. The number of pyridine rings is 2. The molecule has 0 bridgehead atoms. The number of rotatable bonds is 14. The van der Waals surface area contributed by atoms with Gasteiger partial charge in [-0.15, -0.1) is 0 Å². The minimum atomic E-state index is -6.00. The molecule has 224 valence electrons. The molecule has 0 unspecified atom stereocenters. The van der Waals surface area contributed by atoms with Crippen LogP contribution in [0.2, 0.25) is 0 Å². The summed E-state index contributed by atoms with van der Waals surface area (Å²) in [6.07, 6.45) is 26.7. The van der Waals surface area contributed by atoms with Gasteiger partial charge in [-0.3, -0.25) is 0 Å². The summed E-state index contributed by atoms with van der Waals surface area (Å²) in [6, 6.07) is 13.0. The van der Waals surface area contributed by atoms with Crippen LogP contribution in [0.3, 0.4) is 0 Å². The van der Waals surface area contributed by atoms with Crippen molar-refractivity contribution in [2.45, 2.75) is 77.3 Å². The fraction of sp³-hybridized carbons (Fsp3) is 0.481. The summed E-state index contributed by atoms with van der Waals surface area (Å²) in [7, 11) is -9.95. The van der Waals surface area contributed by atoms with Crippen molar-refractivity contribution < 1.29 is 43.7 Å². The fourth-order valence-electron chi connectivity index (χ4n) is 4.01. The molecule has 0 atom stereocenters. The van der Waals surface area contributed by atoms with Gasteiger partial charge in [0.1, 0.15) is 13.6 Å². The van der Waals surface area contributed by atoms with E-state index in [1.165, 1.54) is 81.9 Å². The first-order valence-corrected chi connectivity index (χ1v) is 13.6. The second-order valence-corrected chi connectivity index (χ2v) is 9.52. The molecular formula is C27H39B2F8N3. The molecule has 0 amide bonds. The number of unbranched alkanes of at least 4 members (excludes halogenated alkanes) is 9. The highest BCUT2D eigenvalue weighted by molar-refractivity contribution is 6.50. The third-order valence-electron chi connectivity index (χ3n) is 5.95. The summed E-state index contributed by atoms with van der Waals surface area (Å²) < 4.78 is 84.7. The van der Waals surface area contributed by atoms with E-state index in [1.807, 2.05) is 0 Å². The quantitative estimate of drug-likeness (QED) is 0.0787. The van der Waals surface area contributed by atoms with Gasteiger partial charge in [-0.05, 0) is 36.1 Å². The Hall–Kier alpha value is -2.85. The van der Waals surface area contributed by atoms with Crippen LogP contribution in [0.5, 0.6) is 0 Å². The van der Waals surface area contributed by atoms with E-state index in [2.05, 4.69) is 94.3 Å². The van der Waals surface area contributed by atoms with Crippen LogP contribution in [-0.4, -0.2) is 19.1 Å². The minimum absolute atomic E-state index is 1.13. The molecule has 3 nitrogen and oxygen atoms in total. The number of nitrogens with zero attached hydrogens (tertiary/aromatic N) is 3. The second kappa shape index (κ2) is 19.3. The van der Waals surface area contributed by atoms with Gasteiger partial charge in [0.05, 0.1) is 0 Å². The lowest BCUT2D eigenvalue weighted by Crippen LogP contribution is -2.32. The number of halogens is 8. The Morgan fingerprint density at radius 1 is 0.550 bits per heavy atom. The Kier molecular flexibility index (Phi) is 16.9. The first-order valence-electron chi connectivity index (χ1n) is 13.6. The SMILES string of the molecule is C[n+]1ccc(-c2cc[n+](CCCCCCCCCCCCn3cccc3)cc2)cc1.F[B-](F)(F)F.F[B-](F)(F)F. The number of hydrogen-bond acceptors (Lipinski definition) is 0. The van der Waals surface area contributed by atoms with Gasteiger partial charge >= 0.3 is 14.5 Å². The van der Waals surface area contributed by atoms with Gasteiger partial charge in [-0.2, -0.15) is 0 Å². The Morgan fingerprint density at radius 3 is 1.32 bits per heavy atom. The van der Waals surface area contributed by atoms with E-state index >= 15 is 0 Å². The molecule has 3 aromatic heterocycles. The average Bonchev–Trinajstić information content (AvgIpc) is 3.37. The first kappa shape index (κ1) is 35.2. The number of aryl methyl sites for hydroxylation is 3. The summed E-state index contributed by atoms with van der Waals surface area (Å²) in [5.41, 5.74) is 2.57. The molecule has 3 aromatic rings. The van der Waals surface area contributed by atoms with Gasteiger partial charge in [0, 0.05) is 49.6 Å². The molecule has 3 heterocycles. The Morgan fingerprint density at radius 2 is 0.900 bits per heavy atom. The highest BCUT2D eigenvalue weighted by atomic mass is 19.5. The zero-order valence-electron chi connectivity index (χ0n) is 22.9. The molecule has 0 N–H and O–H groups in total. The number of hydrogen-bond donors (Lipinski definition) is 0. The van der Waals surface area contributed by atoms with Crippen molar-refractivity contribution in [3.63, 3.8) is 0 Å². The van der Waals surface area contributed by atoms with E-state index in [4.69, 9.17) is 0 Å². The highest BCUT2D eigenvalue weighted by Gasteiger charge is 2.21. The Bertz CT molecular complexity index is 986. The predicted molar refractivity (Wildman–Crippen MR) is 144 cm³/mol. The van der Waals surface area contributed by atoms with E-state index < -0.39 is 14.5 Å². The van der Waals surface area contributed by atoms with Crippen LogP contribution in [0, 0.1) is 0 Å². The molecule has 0 saturated heterocycles. The topological polar surface area (TPSA) is 12.7 Å². The zero-order chi connectivity index (χ0) is 29.9. The molecule has 0 spiro atoms. The van der Waals surface area contributed by atoms with Crippen LogP contribution in [0.25, 0.3) is 11.1 Å². The van der Waals surface area contributed by atoms with Crippen molar-refractivity contribution >= 4 is 14.5 Å². The van der Waals surface area contributed by atoms with E-state index in [-0.39, 0.29) is 0 Å². The first-order chi connectivity index (χ1) is 18.8. The van der Waals surface area contributed by atoms with Crippen LogP contribution in [-0.2, 0) is 20.1 Å². The summed E-state index contributed by atoms with van der Waals surface area (Å²) in [5.74, 6) is 0. The third kappa shape index (κ3) is 22.0. The minimum Gasteiger partial charge on any atom is -0.418 e. The van der Waals surface area contributed by atoms with Crippen molar-refractivity contribution in [2.24, 2.45) is 7.05 Å². The second-order valence-electron chi connectivity index (χ2n) is 9.52. The Balaban J connectivity index is 0.000000686. The largest absolute Gasteiger partial charge is 0.673 e. The maximum absolute atomic E-state index is 9.75. The van der Waals surface area contributed by atoms with E-state index in [1.54, 1.807) is 0 Å². The summed E-state index contributed by atoms with van der Waals surface area (Å²) in [5, 5.41) is 0. The normalized spacial score (nSPS) is 11.3. The van der Waals surface area contributed by atoms with Crippen LogP contribution < -0.4 is 9.13 Å². The van der Waals surface area contributed by atoms with Crippen molar-refractivity contribution in [3.8, 4) is 11.1 Å². The molecule has 0 aliphatic rings. The molecule has 0 saturated carbocycles. The maximum atomic E-state index is 9.75. The van der Waals surface area contributed by atoms with Crippen molar-refractivity contribution in [3.05, 3.63) is 73.6 Å². The molecule has 13 heteroatoms. The molecule has 0 radical (unpaired) electrons. The van der Waals surface area contributed by atoms with Crippen molar-refractivity contribution in [2.75, 3.05) is 0 Å². The molecule has 0 aliphatic carbocycles. The maximum Gasteiger partial charge on any atom is 0.673 e. The summed E-state index contributed by atoms with van der Waals surface area (Å²) in [6.45, 7) is 2.31. The lowest BCUT2D eigenvalue weighted by Gasteiger charge is -2.04. The molecule has 0 fully saturated rings. The van der Waals surface area contributed by atoms with Crippen molar-refractivity contribution in [1.29, 1.82) is 0 Å². The molecule has 3 rings (SSSR count). The molecular weight excluding hydrogens is 540 g/mol. The molecule has 0 aliphatic heterocycles.